The molecule has 36 heavy (non-hydrogen) atoms. The number of rotatable bonds is 14. The number of hydrogen-bond acceptors (Lipinski definition) is 6. The highest BCUT2D eigenvalue weighted by molar-refractivity contribution is 5.80. The van der Waals surface area contributed by atoms with E-state index >= 15 is 0 Å². The number of benzene rings is 2. The third-order valence-electron chi connectivity index (χ3n) is 5.88. The van der Waals surface area contributed by atoms with E-state index in [1.165, 1.54) is 11.6 Å². The summed E-state index contributed by atoms with van der Waals surface area (Å²) in [7, 11) is 0. The van der Waals surface area contributed by atoms with Crippen LogP contribution in [0.1, 0.15) is 30.0 Å². The first-order valence-electron chi connectivity index (χ1n) is 12.1. The molecule has 10 heteroatoms. The normalized spacial score (nSPS) is 14.0. The van der Waals surface area contributed by atoms with Gasteiger partial charge in [0.25, 0.3) is 0 Å². The Bertz CT molecular complexity index is 1020. The van der Waals surface area contributed by atoms with Crippen LogP contribution in [0.5, 0.6) is 11.5 Å². The van der Waals surface area contributed by atoms with E-state index < -0.39 is 12.8 Å². The summed E-state index contributed by atoms with van der Waals surface area (Å²) in [5.41, 5.74) is 9.77. The predicted molar refractivity (Wildman–Crippen MR) is 132 cm³/mol. The van der Waals surface area contributed by atoms with E-state index in [4.69, 9.17) is 15.2 Å². The lowest BCUT2D eigenvalue weighted by Crippen LogP contribution is -2.32. The van der Waals surface area contributed by atoms with Crippen LogP contribution in [-0.4, -0.2) is 62.7 Å². The summed E-state index contributed by atoms with van der Waals surface area (Å²) in [5.74, 6) is -0.0705. The molecule has 0 fully saturated rings. The quantitative estimate of drug-likeness (QED) is 0.339. The summed E-state index contributed by atoms with van der Waals surface area (Å²) < 4.78 is 47.9. The number of nitrogens with one attached hydrogen (secondary N) is 1. The number of para-hydroxylation sites is 2. The van der Waals surface area contributed by atoms with Crippen LogP contribution < -0.4 is 25.4 Å². The van der Waals surface area contributed by atoms with E-state index in [1.54, 1.807) is 18.2 Å². The molecular formula is C26H34F3N3O4. The molecule has 0 unspecified atom stereocenters. The summed E-state index contributed by atoms with van der Waals surface area (Å²) >= 11 is 0. The zero-order valence-electron chi connectivity index (χ0n) is 20.4. The molecule has 0 radical (unpaired) electrons. The molecule has 3 rings (SSSR count). The van der Waals surface area contributed by atoms with Gasteiger partial charge >= 0.3 is 6.18 Å². The van der Waals surface area contributed by atoms with Crippen LogP contribution >= 0.6 is 0 Å². The molecule has 7 nitrogen and oxygen atoms in total. The molecule has 4 N–H and O–H groups in total. The lowest BCUT2D eigenvalue weighted by molar-refractivity contribution is -0.153. The fourth-order valence-corrected chi connectivity index (χ4v) is 4.46. The van der Waals surface area contributed by atoms with Crippen LogP contribution in [0.3, 0.4) is 0 Å². The Hall–Kier alpha value is -2.98. The van der Waals surface area contributed by atoms with Crippen LogP contribution in [0.4, 0.5) is 18.9 Å². The van der Waals surface area contributed by atoms with Gasteiger partial charge in [0.15, 0.2) is 18.1 Å². The second-order valence-corrected chi connectivity index (χ2v) is 8.98. The number of nitrogens with zero attached hydrogens (tertiary/aromatic N) is 1. The van der Waals surface area contributed by atoms with E-state index in [2.05, 4.69) is 16.3 Å². The number of carbonyl (C=O) groups is 1. The molecule has 0 aromatic heterocycles. The van der Waals surface area contributed by atoms with Crippen molar-refractivity contribution in [3.8, 4) is 11.5 Å². The Morgan fingerprint density at radius 2 is 1.94 bits per heavy atom. The maximum atomic E-state index is 12.5. The average molecular weight is 510 g/mol. The summed E-state index contributed by atoms with van der Waals surface area (Å²) in [6, 6.07) is 10.6. The number of carbonyl (C=O) groups excluding carboxylic acids is 1. The minimum absolute atomic E-state index is 0.0519. The van der Waals surface area contributed by atoms with Crippen molar-refractivity contribution in [2.45, 2.75) is 44.8 Å². The van der Waals surface area contributed by atoms with Gasteiger partial charge in [0, 0.05) is 38.0 Å². The molecule has 1 amide bonds. The average Bonchev–Trinajstić information content (AvgIpc) is 3.22. The zero-order valence-corrected chi connectivity index (χ0v) is 20.4. The highest BCUT2D eigenvalue weighted by Crippen LogP contribution is 2.34. The molecule has 0 spiro atoms. The molecule has 198 valence electrons. The van der Waals surface area contributed by atoms with E-state index in [9.17, 15) is 23.1 Å². The molecule has 1 aliphatic rings. The molecule has 1 atom stereocenters. The van der Waals surface area contributed by atoms with Crippen LogP contribution in [-0.2, 0) is 24.1 Å². The number of anilines is 1. The van der Waals surface area contributed by atoms with E-state index in [-0.39, 0.29) is 43.1 Å². The molecule has 0 saturated carbocycles. The van der Waals surface area contributed by atoms with E-state index in [1.807, 2.05) is 13.0 Å². The Morgan fingerprint density at radius 3 is 2.61 bits per heavy atom. The number of alkyl halides is 3. The van der Waals surface area contributed by atoms with Gasteiger partial charge in [0.2, 0.25) is 5.91 Å². The third kappa shape index (κ3) is 8.30. The Morgan fingerprint density at radius 1 is 1.22 bits per heavy atom. The summed E-state index contributed by atoms with van der Waals surface area (Å²) in [5, 5.41) is 12.6. The van der Waals surface area contributed by atoms with Crippen LogP contribution in [0.25, 0.3) is 0 Å². The molecule has 0 saturated heterocycles. The fourth-order valence-electron chi connectivity index (χ4n) is 4.46. The summed E-state index contributed by atoms with van der Waals surface area (Å²) in [6.07, 6.45) is -1.99. The van der Waals surface area contributed by atoms with Crippen LogP contribution in [0.2, 0.25) is 0 Å². The van der Waals surface area contributed by atoms with Crippen molar-refractivity contribution < 1.29 is 32.5 Å². The summed E-state index contributed by atoms with van der Waals surface area (Å²) in [4.78, 5) is 13.9. The first-order chi connectivity index (χ1) is 17.2. The topological polar surface area (TPSA) is 97.1 Å². The number of amides is 1. The van der Waals surface area contributed by atoms with Crippen molar-refractivity contribution in [3.05, 3.63) is 53.1 Å². The van der Waals surface area contributed by atoms with Gasteiger partial charge in [0.05, 0.1) is 6.42 Å². The van der Waals surface area contributed by atoms with E-state index in [0.29, 0.717) is 13.0 Å². The maximum absolute atomic E-state index is 12.5. The first kappa shape index (κ1) is 27.6. The number of fused-ring (bicyclic) bond motifs is 1. The number of halogens is 3. The van der Waals surface area contributed by atoms with E-state index in [0.717, 1.165) is 42.7 Å². The molecule has 2 aromatic carbocycles. The zero-order chi connectivity index (χ0) is 26.1. The number of ether oxygens (including phenoxy) is 2. The smallest absolute Gasteiger partial charge is 0.422 e. The standard InChI is InChI=1S/C26H34F3N3O4/c1-18(31-8-12-35-22-5-2-3-6-23(22)36-17-26(27,28)29)13-19-14-20-7-10-32(9-4-11-33)25(20)21(15-19)16-24(30)34/h2-3,5-6,14-15,18,31,33H,4,7-13,16-17H2,1H3,(H2,30,34)/t18-/m1/s1. The molecule has 0 bridgehead atoms. The van der Waals surface area contributed by atoms with Gasteiger partial charge in [-0.3, -0.25) is 4.79 Å². The lowest BCUT2D eigenvalue weighted by atomic mass is 9.96. The molecular weight excluding hydrogens is 475 g/mol. The van der Waals surface area contributed by atoms with Gasteiger partial charge < -0.3 is 30.5 Å². The van der Waals surface area contributed by atoms with Crippen molar-refractivity contribution in [2.24, 2.45) is 5.73 Å². The monoisotopic (exact) mass is 509 g/mol. The molecule has 1 heterocycles. The van der Waals surface area contributed by atoms with Crippen LogP contribution in [0.15, 0.2) is 36.4 Å². The first-order valence-corrected chi connectivity index (χ1v) is 12.1. The number of aliphatic hydroxyl groups excluding tert-OH is 1. The maximum Gasteiger partial charge on any atom is 0.422 e. The SMILES string of the molecule is C[C@H](Cc1cc2c(c(CC(N)=O)c1)N(CCCO)CC2)NCCOc1ccccc1OCC(F)(F)F. The van der Waals surface area contributed by atoms with Crippen molar-refractivity contribution in [2.75, 3.05) is 44.4 Å². The van der Waals surface area contributed by atoms with Crippen LogP contribution in [0, 0.1) is 0 Å². The number of nitrogens with two attached hydrogens (primary N) is 1. The van der Waals surface area contributed by atoms with Gasteiger partial charge in [0.1, 0.15) is 6.61 Å². The molecule has 2 aromatic rings. The molecule has 1 aliphatic heterocycles. The van der Waals surface area contributed by atoms with Crippen molar-refractivity contribution in [1.29, 1.82) is 0 Å². The largest absolute Gasteiger partial charge is 0.488 e. The second kappa shape index (κ2) is 12.8. The van der Waals surface area contributed by atoms with Gasteiger partial charge in [-0.05, 0) is 55.0 Å². The van der Waals surface area contributed by atoms with Crippen molar-refractivity contribution in [1.82, 2.24) is 5.32 Å². The second-order valence-electron chi connectivity index (χ2n) is 8.98. The van der Waals surface area contributed by atoms with Gasteiger partial charge in [-0.15, -0.1) is 0 Å². The third-order valence-corrected chi connectivity index (χ3v) is 5.88. The number of aliphatic hydroxyl groups is 1. The highest BCUT2D eigenvalue weighted by Gasteiger charge is 2.29. The van der Waals surface area contributed by atoms with Crippen molar-refractivity contribution >= 4 is 11.6 Å². The Balaban J connectivity index is 1.55. The minimum atomic E-state index is -4.42. The van der Waals surface area contributed by atoms with Gasteiger partial charge in [-0.1, -0.05) is 24.3 Å². The number of primary amides is 1. The lowest BCUT2D eigenvalue weighted by Gasteiger charge is -2.23. The predicted octanol–water partition coefficient (Wildman–Crippen LogP) is 3.00. The Kier molecular flexibility index (Phi) is 9.83. The Labute approximate surface area is 209 Å². The van der Waals surface area contributed by atoms with Crippen molar-refractivity contribution in [3.63, 3.8) is 0 Å². The summed E-state index contributed by atoms with van der Waals surface area (Å²) in [6.45, 7) is 3.11. The minimum Gasteiger partial charge on any atom is -0.488 e. The fraction of sp³-hybridized carbons (Fsp3) is 0.500. The van der Waals surface area contributed by atoms with Gasteiger partial charge in [-0.25, -0.2) is 0 Å². The highest BCUT2D eigenvalue weighted by atomic mass is 19.4. The number of hydrogen-bond donors (Lipinski definition) is 3. The molecule has 0 aliphatic carbocycles. The van der Waals surface area contributed by atoms with Gasteiger partial charge in [-0.2, -0.15) is 13.2 Å².